The number of rotatable bonds is 9. The molecule has 2 heterocycles. The number of methoxy groups -OCH3 is 1. The van der Waals surface area contributed by atoms with Crippen molar-refractivity contribution in [2.24, 2.45) is 0 Å². The number of sulfone groups is 1. The van der Waals surface area contributed by atoms with Gasteiger partial charge >= 0.3 is 0 Å². The average molecular weight is 485 g/mol. The van der Waals surface area contributed by atoms with Gasteiger partial charge < -0.3 is 15.0 Å². The van der Waals surface area contributed by atoms with Crippen molar-refractivity contribution in [3.63, 3.8) is 0 Å². The van der Waals surface area contributed by atoms with Crippen LogP contribution >= 0.6 is 23.2 Å². The normalized spacial score (nSPS) is 12.0. The molecule has 1 aromatic carbocycles. The zero-order valence-electron chi connectivity index (χ0n) is 17.8. The summed E-state index contributed by atoms with van der Waals surface area (Å²) in [5.74, 6) is 1.24. The van der Waals surface area contributed by atoms with Gasteiger partial charge in [-0.1, -0.05) is 23.2 Å². The second kappa shape index (κ2) is 9.73. The SMILES string of the molecule is COCCc1nc2c(N)nc(C)c(C)c2n1CCCCS(=O)(=O)c1ccc(Cl)cc1Cl. The Morgan fingerprint density at radius 3 is 2.58 bits per heavy atom. The number of fused-ring (bicyclic) bond motifs is 1. The van der Waals surface area contributed by atoms with E-state index in [0.29, 0.717) is 48.8 Å². The van der Waals surface area contributed by atoms with Gasteiger partial charge in [-0.15, -0.1) is 0 Å². The maximum absolute atomic E-state index is 12.7. The van der Waals surface area contributed by atoms with Gasteiger partial charge in [-0.05, 0) is 50.5 Å². The first kappa shape index (κ1) is 23.8. The van der Waals surface area contributed by atoms with E-state index in [1.54, 1.807) is 7.11 Å². The monoisotopic (exact) mass is 484 g/mol. The third-order valence-electron chi connectivity index (χ3n) is 5.28. The van der Waals surface area contributed by atoms with E-state index in [0.717, 1.165) is 22.6 Å². The summed E-state index contributed by atoms with van der Waals surface area (Å²) in [6, 6.07) is 4.43. The second-order valence-corrected chi connectivity index (χ2v) is 10.3. The number of nitrogens with zero attached hydrogens (tertiary/aromatic N) is 3. The van der Waals surface area contributed by atoms with Gasteiger partial charge in [0.1, 0.15) is 11.3 Å². The Kier molecular flexibility index (Phi) is 7.47. The molecule has 0 aliphatic heterocycles. The average Bonchev–Trinajstić information content (AvgIpc) is 3.06. The van der Waals surface area contributed by atoms with Crippen molar-refractivity contribution in [3.05, 3.63) is 45.3 Å². The van der Waals surface area contributed by atoms with Crippen LogP contribution in [0.4, 0.5) is 5.82 Å². The van der Waals surface area contributed by atoms with Crippen molar-refractivity contribution >= 4 is 49.9 Å². The number of nitrogen functional groups attached to an aromatic ring is 1. The molecule has 7 nitrogen and oxygen atoms in total. The number of ether oxygens (including phenoxy) is 1. The van der Waals surface area contributed by atoms with Crippen molar-refractivity contribution in [1.29, 1.82) is 0 Å². The molecular weight excluding hydrogens is 459 g/mol. The number of halogens is 2. The van der Waals surface area contributed by atoms with E-state index in [2.05, 4.69) is 9.55 Å². The highest BCUT2D eigenvalue weighted by Crippen LogP contribution is 2.28. The first-order chi connectivity index (χ1) is 14.7. The number of aromatic nitrogens is 3. The lowest BCUT2D eigenvalue weighted by Crippen LogP contribution is -2.11. The first-order valence-electron chi connectivity index (χ1n) is 9.94. The summed E-state index contributed by atoms with van der Waals surface area (Å²) in [4.78, 5) is 9.19. The maximum atomic E-state index is 12.7. The molecule has 0 atom stereocenters. The van der Waals surface area contributed by atoms with Gasteiger partial charge in [0.15, 0.2) is 15.7 Å². The van der Waals surface area contributed by atoms with Crippen LogP contribution in [0.25, 0.3) is 11.0 Å². The maximum Gasteiger partial charge on any atom is 0.179 e. The molecule has 0 fully saturated rings. The molecule has 10 heteroatoms. The summed E-state index contributed by atoms with van der Waals surface area (Å²) in [6.07, 6.45) is 1.75. The van der Waals surface area contributed by atoms with Crippen LogP contribution in [0.2, 0.25) is 10.0 Å². The Bertz CT molecular complexity index is 1210. The van der Waals surface area contributed by atoms with Crippen LogP contribution in [0.1, 0.15) is 29.9 Å². The van der Waals surface area contributed by atoms with E-state index in [-0.39, 0.29) is 15.7 Å². The number of hydrogen-bond donors (Lipinski definition) is 1. The van der Waals surface area contributed by atoms with E-state index >= 15 is 0 Å². The Hall–Kier alpha value is -1.87. The molecule has 0 unspecified atom stereocenters. The molecule has 0 saturated heterocycles. The first-order valence-corrected chi connectivity index (χ1v) is 12.3. The minimum absolute atomic E-state index is 0.00388. The predicted octanol–water partition coefficient (Wildman–Crippen LogP) is 4.38. The van der Waals surface area contributed by atoms with Crippen LogP contribution in [-0.2, 0) is 27.5 Å². The molecule has 0 aliphatic rings. The number of nitrogens with two attached hydrogens (primary N) is 1. The number of benzene rings is 1. The van der Waals surface area contributed by atoms with Crippen LogP contribution in [0.3, 0.4) is 0 Å². The molecule has 3 aromatic rings. The van der Waals surface area contributed by atoms with Gasteiger partial charge in [0, 0.05) is 30.8 Å². The molecule has 168 valence electrons. The number of aryl methyl sites for hydroxylation is 3. The molecule has 0 bridgehead atoms. The topological polar surface area (TPSA) is 100 Å². The molecule has 2 N–H and O–H groups in total. The van der Waals surface area contributed by atoms with E-state index in [9.17, 15) is 8.42 Å². The van der Waals surface area contributed by atoms with Gasteiger partial charge in [0.25, 0.3) is 0 Å². The van der Waals surface area contributed by atoms with Gasteiger partial charge in [-0.2, -0.15) is 0 Å². The van der Waals surface area contributed by atoms with Gasteiger partial charge in [-0.3, -0.25) is 0 Å². The highest BCUT2D eigenvalue weighted by Gasteiger charge is 2.20. The molecule has 3 rings (SSSR count). The second-order valence-electron chi connectivity index (χ2n) is 7.43. The third kappa shape index (κ3) is 5.14. The Labute approximate surface area is 192 Å². The van der Waals surface area contributed by atoms with Crippen molar-refractivity contribution in [2.75, 3.05) is 25.2 Å². The minimum Gasteiger partial charge on any atom is -0.384 e. The summed E-state index contributed by atoms with van der Waals surface area (Å²) >= 11 is 12.0. The molecular formula is C21H26Cl2N4O3S. The van der Waals surface area contributed by atoms with E-state index in [1.165, 1.54) is 18.2 Å². The van der Waals surface area contributed by atoms with E-state index in [4.69, 9.17) is 38.7 Å². The fourth-order valence-electron chi connectivity index (χ4n) is 3.57. The summed E-state index contributed by atoms with van der Waals surface area (Å²) in [5, 5.41) is 0.544. The Balaban J connectivity index is 1.80. The van der Waals surface area contributed by atoms with Crippen LogP contribution in [0.15, 0.2) is 23.1 Å². The Morgan fingerprint density at radius 2 is 1.90 bits per heavy atom. The largest absolute Gasteiger partial charge is 0.384 e. The van der Waals surface area contributed by atoms with Crippen LogP contribution in [0, 0.1) is 13.8 Å². The zero-order chi connectivity index (χ0) is 22.8. The molecule has 0 saturated carbocycles. The van der Waals surface area contributed by atoms with E-state index in [1.807, 2.05) is 13.8 Å². The van der Waals surface area contributed by atoms with Gasteiger partial charge in [0.2, 0.25) is 0 Å². The lowest BCUT2D eigenvalue weighted by Gasteiger charge is -2.12. The number of imidazole rings is 1. The van der Waals surface area contributed by atoms with Crippen molar-refractivity contribution in [2.45, 2.75) is 44.6 Å². The molecule has 0 amide bonds. The third-order valence-corrected chi connectivity index (χ3v) is 7.79. The molecule has 2 aromatic heterocycles. The van der Waals surface area contributed by atoms with Gasteiger partial charge in [-0.25, -0.2) is 18.4 Å². The fourth-order valence-corrected chi connectivity index (χ4v) is 5.77. The molecule has 0 aliphatic carbocycles. The molecule has 0 spiro atoms. The number of hydrogen-bond acceptors (Lipinski definition) is 6. The fraction of sp³-hybridized carbons (Fsp3) is 0.429. The zero-order valence-corrected chi connectivity index (χ0v) is 20.1. The standard InChI is InChI=1S/C21H26Cl2N4O3S/c1-13-14(2)25-21(24)19-20(13)27(18(26-19)8-10-30-3)9-4-5-11-31(28,29)17-7-6-15(22)12-16(17)23/h6-7,12H,4-5,8-11H2,1-3H3,(H2,24,25). The smallest absolute Gasteiger partial charge is 0.179 e. The number of unbranched alkanes of at least 4 members (excludes halogenated alkanes) is 1. The summed E-state index contributed by atoms with van der Waals surface area (Å²) in [7, 11) is -1.86. The quantitative estimate of drug-likeness (QED) is 0.452. The number of anilines is 1. The summed E-state index contributed by atoms with van der Waals surface area (Å²) in [6.45, 7) is 5.05. The van der Waals surface area contributed by atoms with Gasteiger partial charge in [0.05, 0.1) is 27.8 Å². The highest BCUT2D eigenvalue weighted by atomic mass is 35.5. The molecule has 0 radical (unpaired) electrons. The molecule has 31 heavy (non-hydrogen) atoms. The Morgan fingerprint density at radius 1 is 1.16 bits per heavy atom. The minimum atomic E-state index is -3.50. The summed E-state index contributed by atoms with van der Waals surface area (Å²) in [5.41, 5.74) is 9.60. The van der Waals surface area contributed by atoms with Crippen LogP contribution in [-0.4, -0.2) is 42.4 Å². The summed E-state index contributed by atoms with van der Waals surface area (Å²) < 4.78 is 32.7. The van der Waals surface area contributed by atoms with Crippen molar-refractivity contribution in [1.82, 2.24) is 14.5 Å². The van der Waals surface area contributed by atoms with Crippen LogP contribution < -0.4 is 5.73 Å². The van der Waals surface area contributed by atoms with Crippen molar-refractivity contribution < 1.29 is 13.2 Å². The lowest BCUT2D eigenvalue weighted by molar-refractivity contribution is 0.199. The van der Waals surface area contributed by atoms with Crippen molar-refractivity contribution in [3.8, 4) is 0 Å². The van der Waals surface area contributed by atoms with Crippen LogP contribution in [0.5, 0.6) is 0 Å². The number of pyridine rings is 1. The van der Waals surface area contributed by atoms with E-state index < -0.39 is 9.84 Å². The lowest BCUT2D eigenvalue weighted by atomic mass is 10.2. The highest BCUT2D eigenvalue weighted by molar-refractivity contribution is 7.91. The predicted molar refractivity (Wildman–Crippen MR) is 125 cm³/mol.